The molecule has 21 heavy (non-hydrogen) atoms. The van der Waals surface area contributed by atoms with E-state index in [0.29, 0.717) is 5.75 Å². The quantitative estimate of drug-likeness (QED) is 0.877. The minimum Gasteiger partial charge on any atom is -0.457 e. The zero-order valence-corrected chi connectivity index (χ0v) is 12.8. The summed E-state index contributed by atoms with van der Waals surface area (Å²) in [5.41, 5.74) is 8.99. The molecule has 2 nitrogen and oxygen atoms in total. The Morgan fingerprint density at radius 3 is 2.48 bits per heavy atom. The third kappa shape index (κ3) is 4.05. The Labute approximate surface area is 125 Å². The van der Waals surface area contributed by atoms with Crippen LogP contribution >= 0.6 is 0 Å². The lowest BCUT2D eigenvalue weighted by molar-refractivity contribution is 0.472. The molecule has 2 aromatic carbocycles. The molecule has 0 heterocycles. The standard InChI is InChI=1S/C18H22FNO/c1-4-16(20)10-14-6-5-12(2)18(11-14)21-17-8-7-15(19)9-13(17)3/h5-9,11,16H,4,10,20H2,1-3H3. The number of aryl methyl sites for hydroxylation is 2. The molecule has 0 saturated heterocycles. The Kier molecular flexibility index (Phi) is 4.97. The minimum absolute atomic E-state index is 0.160. The number of halogens is 1. The molecule has 2 N–H and O–H groups in total. The zero-order chi connectivity index (χ0) is 15.4. The summed E-state index contributed by atoms with van der Waals surface area (Å²) in [6.07, 6.45) is 1.77. The van der Waals surface area contributed by atoms with E-state index in [1.807, 2.05) is 26.0 Å². The van der Waals surface area contributed by atoms with E-state index < -0.39 is 0 Å². The van der Waals surface area contributed by atoms with Gasteiger partial charge < -0.3 is 10.5 Å². The molecule has 1 atom stereocenters. The van der Waals surface area contributed by atoms with E-state index in [0.717, 1.165) is 35.3 Å². The predicted molar refractivity (Wildman–Crippen MR) is 84.4 cm³/mol. The van der Waals surface area contributed by atoms with E-state index in [1.54, 1.807) is 6.07 Å². The molecular formula is C18H22FNO. The first-order valence-corrected chi connectivity index (χ1v) is 7.28. The first-order valence-electron chi connectivity index (χ1n) is 7.28. The van der Waals surface area contributed by atoms with Crippen LogP contribution in [0.1, 0.15) is 30.0 Å². The van der Waals surface area contributed by atoms with Crippen molar-refractivity contribution >= 4 is 0 Å². The van der Waals surface area contributed by atoms with Crippen LogP contribution in [0.25, 0.3) is 0 Å². The molecule has 0 aliphatic rings. The molecule has 112 valence electrons. The Balaban J connectivity index is 2.24. The topological polar surface area (TPSA) is 35.2 Å². The van der Waals surface area contributed by atoms with E-state index in [4.69, 9.17) is 10.5 Å². The van der Waals surface area contributed by atoms with Crippen LogP contribution < -0.4 is 10.5 Å². The molecule has 0 aromatic heterocycles. The summed E-state index contributed by atoms with van der Waals surface area (Å²) in [7, 11) is 0. The fraction of sp³-hybridized carbons (Fsp3) is 0.333. The fourth-order valence-electron chi connectivity index (χ4n) is 2.17. The van der Waals surface area contributed by atoms with Gasteiger partial charge in [-0.05, 0) is 67.6 Å². The highest BCUT2D eigenvalue weighted by Crippen LogP contribution is 2.29. The summed E-state index contributed by atoms with van der Waals surface area (Å²) >= 11 is 0. The Hall–Kier alpha value is -1.87. The van der Waals surface area contributed by atoms with Gasteiger partial charge in [0.15, 0.2) is 0 Å². The van der Waals surface area contributed by atoms with Crippen LogP contribution in [0.15, 0.2) is 36.4 Å². The second kappa shape index (κ2) is 6.72. The lowest BCUT2D eigenvalue weighted by Crippen LogP contribution is -2.21. The van der Waals surface area contributed by atoms with Crippen LogP contribution in [-0.2, 0) is 6.42 Å². The molecule has 0 saturated carbocycles. The highest BCUT2D eigenvalue weighted by Gasteiger charge is 2.08. The second-order valence-electron chi connectivity index (χ2n) is 5.48. The molecule has 0 aliphatic heterocycles. The molecule has 2 rings (SSSR count). The molecule has 0 fully saturated rings. The van der Waals surface area contributed by atoms with Gasteiger partial charge in [0.2, 0.25) is 0 Å². The van der Waals surface area contributed by atoms with Crippen molar-refractivity contribution in [3.05, 3.63) is 58.9 Å². The molecule has 1 unspecified atom stereocenters. The fourth-order valence-corrected chi connectivity index (χ4v) is 2.17. The smallest absolute Gasteiger partial charge is 0.130 e. The van der Waals surface area contributed by atoms with Crippen LogP contribution in [0.5, 0.6) is 11.5 Å². The van der Waals surface area contributed by atoms with E-state index in [2.05, 4.69) is 13.0 Å². The summed E-state index contributed by atoms with van der Waals surface area (Å²) in [6, 6.07) is 10.8. The van der Waals surface area contributed by atoms with Gasteiger partial charge in [-0.3, -0.25) is 0 Å². The van der Waals surface area contributed by atoms with E-state index in [-0.39, 0.29) is 11.9 Å². The van der Waals surface area contributed by atoms with Crippen molar-refractivity contribution in [3.8, 4) is 11.5 Å². The van der Waals surface area contributed by atoms with Crippen LogP contribution in [0.4, 0.5) is 4.39 Å². The van der Waals surface area contributed by atoms with Crippen molar-refractivity contribution in [3.63, 3.8) is 0 Å². The monoisotopic (exact) mass is 287 g/mol. The molecule has 0 bridgehead atoms. The van der Waals surface area contributed by atoms with Crippen LogP contribution in [0.3, 0.4) is 0 Å². The maximum absolute atomic E-state index is 13.1. The highest BCUT2D eigenvalue weighted by atomic mass is 19.1. The van der Waals surface area contributed by atoms with Crippen molar-refractivity contribution in [1.29, 1.82) is 0 Å². The summed E-state index contributed by atoms with van der Waals surface area (Å²) < 4.78 is 19.1. The van der Waals surface area contributed by atoms with Crippen molar-refractivity contribution in [2.45, 2.75) is 39.7 Å². The predicted octanol–water partition coefficient (Wildman–Crippen LogP) is 4.51. The number of hydrogen-bond acceptors (Lipinski definition) is 2. The first kappa shape index (κ1) is 15.5. The SMILES string of the molecule is CCC(N)Cc1ccc(C)c(Oc2ccc(F)cc2C)c1. The van der Waals surface area contributed by atoms with Crippen molar-refractivity contribution in [2.75, 3.05) is 0 Å². The summed E-state index contributed by atoms with van der Waals surface area (Å²) in [5, 5.41) is 0. The summed E-state index contributed by atoms with van der Waals surface area (Å²) in [5.74, 6) is 1.22. The average molecular weight is 287 g/mol. The van der Waals surface area contributed by atoms with Crippen LogP contribution in [0.2, 0.25) is 0 Å². The molecule has 0 aliphatic carbocycles. The molecule has 0 radical (unpaired) electrons. The maximum Gasteiger partial charge on any atom is 0.130 e. The van der Waals surface area contributed by atoms with Gasteiger partial charge in [0.1, 0.15) is 17.3 Å². The van der Waals surface area contributed by atoms with Gasteiger partial charge in [0.05, 0.1) is 0 Å². The Morgan fingerprint density at radius 2 is 1.81 bits per heavy atom. The van der Waals surface area contributed by atoms with Gasteiger partial charge in [-0.25, -0.2) is 4.39 Å². The third-order valence-corrected chi connectivity index (χ3v) is 3.63. The van der Waals surface area contributed by atoms with E-state index in [9.17, 15) is 4.39 Å². The van der Waals surface area contributed by atoms with Gasteiger partial charge in [-0.15, -0.1) is 0 Å². The average Bonchev–Trinajstić information content (AvgIpc) is 2.45. The zero-order valence-electron chi connectivity index (χ0n) is 12.8. The normalized spacial score (nSPS) is 12.2. The Bertz CT molecular complexity index is 625. The number of benzene rings is 2. The van der Waals surface area contributed by atoms with Crippen LogP contribution in [0, 0.1) is 19.7 Å². The number of hydrogen-bond donors (Lipinski definition) is 1. The third-order valence-electron chi connectivity index (χ3n) is 3.63. The number of nitrogens with two attached hydrogens (primary N) is 1. The maximum atomic E-state index is 13.1. The largest absolute Gasteiger partial charge is 0.457 e. The van der Waals surface area contributed by atoms with Gasteiger partial charge in [0.25, 0.3) is 0 Å². The van der Waals surface area contributed by atoms with E-state index >= 15 is 0 Å². The number of rotatable bonds is 5. The molecule has 3 heteroatoms. The molecule has 0 spiro atoms. The summed E-state index contributed by atoms with van der Waals surface area (Å²) in [6.45, 7) is 5.92. The van der Waals surface area contributed by atoms with Gasteiger partial charge >= 0.3 is 0 Å². The van der Waals surface area contributed by atoms with Crippen molar-refractivity contribution in [1.82, 2.24) is 0 Å². The molecule has 2 aromatic rings. The first-order chi connectivity index (χ1) is 9.99. The summed E-state index contributed by atoms with van der Waals surface area (Å²) in [4.78, 5) is 0. The minimum atomic E-state index is -0.251. The highest BCUT2D eigenvalue weighted by molar-refractivity contribution is 5.42. The van der Waals surface area contributed by atoms with Crippen molar-refractivity contribution < 1.29 is 9.13 Å². The van der Waals surface area contributed by atoms with Gasteiger partial charge in [-0.2, -0.15) is 0 Å². The van der Waals surface area contributed by atoms with E-state index in [1.165, 1.54) is 12.1 Å². The Morgan fingerprint density at radius 1 is 1.05 bits per heavy atom. The molecule has 0 amide bonds. The van der Waals surface area contributed by atoms with Crippen LogP contribution in [-0.4, -0.2) is 6.04 Å². The van der Waals surface area contributed by atoms with Gasteiger partial charge in [-0.1, -0.05) is 19.1 Å². The van der Waals surface area contributed by atoms with Crippen molar-refractivity contribution in [2.24, 2.45) is 5.73 Å². The second-order valence-corrected chi connectivity index (χ2v) is 5.48. The lowest BCUT2D eigenvalue weighted by atomic mass is 10.0. The number of ether oxygens (including phenoxy) is 1. The van der Waals surface area contributed by atoms with Gasteiger partial charge in [0, 0.05) is 6.04 Å². The lowest BCUT2D eigenvalue weighted by Gasteiger charge is -2.14. The molecular weight excluding hydrogens is 265 g/mol.